The molecule has 0 spiro atoms. The highest BCUT2D eigenvalue weighted by atomic mass is 32.1. The van der Waals surface area contributed by atoms with Crippen molar-refractivity contribution in [1.29, 1.82) is 0 Å². The zero-order valence-electron chi connectivity index (χ0n) is 15.5. The molecule has 2 aliphatic rings. The van der Waals surface area contributed by atoms with E-state index < -0.39 is 0 Å². The van der Waals surface area contributed by atoms with Gasteiger partial charge in [-0.05, 0) is 47.8 Å². The van der Waals surface area contributed by atoms with Crippen LogP contribution in [0.4, 0.5) is 0 Å². The second kappa shape index (κ2) is 10.0. The zero-order valence-corrected chi connectivity index (χ0v) is 16.3. The van der Waals surface area contributed by atoms with Crippen LogP contribution in [0.5, 0.6) is 0 Å². The van der Waals surface area contributed by atoms with Crippen LogP contribution >= 0.6 is 12.2 Å². The van der Waals surface area contributed by atoms with E-state index in [1.54, 1.807) is 6.08 Å². The van der Waals surface area contributed by atoms with E-state index >= 15 is 0 Å². The number of nitrogens with zero attached hydrogens (tertiary/aromatic N) is 2. The standard InChI is InChI=1S/C21H26N4OS/c1-2-10-22-21(27)24-23-16-19-9-8-18(15-17-6-4-3-5-7-17)20(19)25-11-13-26-14-12-25/h2-7,15-16H,1,8-14H2,(H2,22,24,27)/b18-15+,23-16+. The maximum Gasteiger partial charge on any atom is 0.187 e. The number of ether oxygens (including phenoxy) is 1. The Hall–Kier alpha value is -2.44. The Balaban J connectivity index is 1.80. The molecule has 1 saturated heterocycles. The molecule has 5 nitrogen and oxygen atoms in total. The average molecular weight is 383 g/mol. The van der Waals surface area contributed by atoms with Crippen LogP contribution in [0.1, 0.15) is 18.4 Å². The highest BCUT2D eigenvalue weighted by Gasteiger charge is 2.25. The van der Waals surface area contributed by atoms with E-state index in [1.807, 2.05) is 12.3 Å². The number of hydrogen-bond donors (Lipinski definition) is 2. The van der Waals surface area contributed by atoms with Gasteiger partial charge >= 0.3 is 0 Å². The van der Waals surface area contributed by atoms with Crippen LogP contribution < -0.4 is 10.7 Å². The van der Waals surface area contributed by atoms with Crippen molar-refractivity contribution in [1.82, 2.24) is 15.6 Å². The number of hydrazone groups is 1. The van der Waals surface area contributed by atoms with Crippen LogP contribution in [0.15, 0.2) is 64.9 Å². The molecule has 0 bridgehead atoms. The quantitative estimate of drug-likeness (QED) is 0.343. The van der Waals surface area contributed by atoms with Gasteiger partial charge in [0, 0.05) is 25.3 Å². The third-order valence-electron chi connectivity index (χ3n) is 4.53. The van der Waals surface area contributed by atoms with Crippen LogP contribution in [-0.4, -0.2) is 49.1 Å². The molecule has 3 rings (SSSR count). The lowest BCUT2D eigenvalue weighted by molar-refractivity contribution is 0.0548. The van der Waals surface area contributed by atoms with Crippen LogP contribution in [0, 0.1) is 0 Å². The summed E-state index contributed by atoms with van der Waals surface area (Å²) in [4.78, 5) is 2.42. The summed E-state index contributed by atoms with van der Waals surface area (Å²) in [6.45, 7) is 7.63. The highest BCUT2D eigenvalue weighted by Crippen LogP contribution is 2.34. The lowest BCUT2D eigenvalue weighted by Crippen LogP contribution is -2.36. The van der Waals surface area contributed by atoms with E-state index in [1.165, 1.54) is 22.4 Å². The molecule has 1 fully saturated rings. The largest absolute Gasteiger partial charge is 0.378 e. The molecule has 0 radical (unpaired) electrons. The first-order chi connectivity index (χ1) is 13.3. The van der Waals surface area contributed by atoms with Crippen molar-refractivity contribution in [2.45, 2.75) is 12.8 Å². The van der Waals surface area contributed by atoms with Crippen molar-refractivity contribution in [3.05, 3.63) is 65.4 Å². The maximum atomic E-state index is 5.54. The fraction of sp³-hybridized carbons (Fsp3) is 0.333. The SMILES string of the molecule is C=CCNC(=S)N/N=C/C1=C(N2CCOCC2)C(=C/c2ccccc2)/CC1. The van der Waals surface area contributed by atoms with Gasteiger partial charge in [0.25, 0.3) is 0 Å². The minimum Gasteiger partial charge on any atom is -0.378 e. The first kappa shape index (κ1) is 19.3. The molecule has 1 heterocycles. The number of thiocarbonyl (C=S) groups is 1. The van der Waals surface area contributed by atoms with Gasteiger partial charge < -0.3 is 15.0 Å². The van der Waals surface area contributed by atoms with Crippen molar-refractivity contribution < 1.29 is 4.74 Å². The summed E-state index contributed by atoms with van der Waals surface area (Å²) in [6.07, 6.45) is 7.94. The van der Waals surface area contributed by atoms with E-state index in [0.29, 0.717) is 11.7 Å². The second-order valence-electron chi connectivity index (χ2n) is 6.42. The van der Waals surface area contributed by atoms with Crippen LogP contribution in [0.3, 0.4) is 0 Å². The summed E-state index contributed by atoms with van der Waals surface area (Å²) in [6, 6.07) is 10.5. The summed E-state index contributed by atoms with van der Waals surface area (Å²) in [7, 11) is 0. The Kier molecular flexibility index (Phi) is 7.19. The molecule has 2 N–H and O–H groups in total. The predicted molar refractivity (Wildman–Crippen MR) is 115 cm³/mol. The Morgan fingerprint density at radius 2 is 2.00 bits per heavy atom. The molecular weight excluding hydrogens is 356 g/mol. The second-order valence-corrected chi connectivity index (χ2v) is 6.83. The van der Waals surface area contributed by atoms with Crippen molar-refractivity contribution in [2.24, 2.45) is 5.10 Å². The van der Waals surface area contributed by atoms with Gasteiger partial charge in [0.2, 0.25) is 0 Å². The smallest absolute Gasteiger partial charge is 0.187 e. The van der Waals surface area contributed by atoms with E-state index in [-0.39, 0.29) is 0 Å². The van der Waals surface area contributed by atoms with E-state index in [0.717, 1.165) is 39.1 Å². The molecule has 0 saturated carbocycles. The fourth-order valence-electron chi connectivity index (χ4n) is 3.30. The van der Waals surface area contributed by atoms with Gasteiger partial charge in [-0.1, -0.05) is 36.4 Å². The number of morpholine rings is 1. The Morgan fingerprint density at radius 1 is 1.22 bits per heavy atom. The molecule has 6 heteroatoms. The molecule has 1 aliphatic heterocycles. The molecular formula is C21H26N4OS. The Morgan fingerprint density at radius 3 is 2.74 bits per heavy atom. The van der Waals surface area contributed by atoms with Gasteiger partial charge in [-0.15, -0.1) is 6.58 Å². The Bertz CT molecular complexity index is 749. The number of rotatable bonds is 6. The van der Waals surface area contributed by atoms with Crippen molar-refractivity contribution in [3.63, 3.8) is 0 Å². The summed E-state index contributed by atoms with van der Waals surface area (Å²) >= 11 is 5.19. The topological polar surface area (TPSA) is 48.9 Å². The minimum absolute atomic E-state index is 0.498. The normalized spacial score (nSPS) is 19.0. The molecule has 0 amide bonds. The molecule has 1 aromatic carbocycles. The first-order valence-electron chi connectivity index (χ1n) is 9.27. The first-order valence-corrected chi connectivity index (χ1v) is 9.68. The molecule has 1 aliphatic carbocycles. The van der Waals surface area contributed by atoms with E-state index in [4.69, 9.17) is 17.0 Å². The lowest BCUT2D eigenvalue weighted by atomic mass is 10.1. The van der Waals surface area contributed by atoms with Gasteiger partial charge in [0.1, 0.15) is 0 Å². The number of hydrogen-bond acceptors (Lipinski definition) is 4. The third kappa shape index (κ3) is 5.52. The summed E-state index contributed by atoms with van der Waals surface area (Å²) in [5.74, 6) is 0. The monoisotopic (exact) mass is 382 g/mol. The number of nitrogens with one attached hydrogen (secondary N) is 2. The molecule has 0 unspecified atom stereocenters. The predicted octanol–water partition coefficient (Wildman–Crippen LogP) is 3.09. The van der Waals surface area contributed by atoms with Gasteiger partial charge in [0.15, 0.2) is 5.11 Å². The lowest BCUT2D eigenvalue weighted by Gasteiger charge is -2.31. The number of benzene rings is 1. The average Bonchev–Trinajstić information content (AvgIpc) is 3.10. The highest BCUT2D eigenvalue weighted by molar-refractivity contribution is 7.80. The minimum atomic E-state index is 0.498. The van der Waals surface area contributed by atoms with Gasteiger partial charge in [0.05, 0.1) is 19.4 Å². The fourth-order valence-corrected chi connectivity index (χ4v) is 3.43. The van der Waals surface area contributed by atoms with E-state index in [9.17, 15) is 0 Å². The summed E-state index contributed by atoms with van der Waals surface area (Å²) in [5.41, 5.74) is 7.99. The van der Waals surface area contributed by atoms with Crippen molar-refractivity contribution in [3.8, 4) is 0 Å². The van der Waals surface area contributed by atoms with Gasteiger partial charge in [-0.3, -0.25) is 5.43 Å². The molecule has 27 heavy (non-hydrogen) atoms. The molecule has 1 aromatic rings. The van der Waals surface area contributed by atoms with E-state index in [2.05, 4.69) is 57.7 Å². The van der Waals surface area contributed by atoms with Crippen LogP contribution in [-0.2, 0) is 4.74 Å². The zero-order chi connectivity index (χ0) is 18.9. The Labute approximate surface area is 166 Å². The summed E-state index contributed by atoms with van der Waals surface area (Å²) < 4.78 is 5.54. The summed E-state index contributed by atoms with van der Waals surface area (Å²) in [5, 5.41) is 7.84. The maximum absolute atomic E-state index is 5.54. The number of allylic oxidation sites excluding steroid dienone is 2. The van der Waals surface area contributed by atoms with Gasteiger partial charge in [-0.25, -0.2) is 0 Å². The molecule has 0 aromatic heterocycles. The van der Waals surface area contributed by atoms with Gasteiger partial charge in [-0.2, -0.15) is 5.10 Å². The molecule has 0 atom stereocenters. The van der Waals surface area contributed by atoms with Crippen molar-refractivity contribution >= 4 is 29.6 Å². The van der Waals surface area contributed by atoms with Crippen LogP contribution in [0.2, 0.25) is 0 Å². The van der Waals surface area contributed by atoms with Crippen molar-refractivity contribution in [2.75, 3.05) is 32.8 Å². The molecule has 142 valence electrons. The third-order valence-corrected chi connectivity index (χ3v) is 4.77. The van der Waals surface area contributed by atoms with Crippen LogP contribution in [0.25, 0.3) is 6.08 Å².